The first-order valence-corrected chi connectivity index (χ1v) is 10.1. The van der Waals surface area contributed by atoms with Gasteiger partial charge in [0.25, 0.3) is 0 Å². The number of carbonyl (C=O) groups is 1. The van der Waals surface area contributed by atoms with Crippen molar-refractivity contribution in [2.45, 2.75) is 50.9 Å². The van der Waals surface area contributed by atoms with Crippen LogP contribution in [0.15, 0.2) is 30.5 Å². The van der Waals surface area contributed by atoms with Gasteiger partial charge in [-0.15, -0.1) is 0 Å². The Kier molecular flexibility index (Phi) is 5.64. The van der Waals surface area contributed by atoms with E-state index in [2.05, 4.69) is 4.90 Å². The summed E-state index contributed by atoms with van der Waals surface area (Å²) in [5.41, 5.74) is 6.32. The number of benzene rings is 1. The van der Waals surface area contributed by atoms with Crippen molar-refractivity contribution in [2.24, 2.45) is 5.73 Å². The number of piperidine rings is 1. The van der Waals surface area contributed by atoms with E-state index in [1.54, 1.807) is 0 Å². The van der Waals surface area contributed by atoms with Crippen molar-refractivity contribution in [3.63, 3.8) is 0 Å². The van der Waals surface area contributed by atoms with Crippen molar-refractivity contribution >= 4 is 16.8 Å². The summed E-state index contributed by atoms with van der Waals surface area (Å²) in [7, 11) is 0. The lowest BCUT2D eigenvalue weighted by atomic mass is 10.0. The Morgan fingerprint density at radius 3 is 2.78 bits per heavy atom. The molecule has 1 aromatic carbocycles. The van der Waals surface area contributed by atoms with Gasteiger partial charge in [-0.2, -0.15) is 0 Å². The molecule has 0 spiro atoms. The Morgan fingerprint density at radius 1 is 1.19 bits per heavy atom. The van der Waals surface area contributed by atoms with Gasteiger partial charge in [-0.25, -0.2) is 0 Å². The maximum Gasteiger partial charge on any atom is 0.237 e. The molecule has 0 radical (unpaired) electrons. The van der Waals surface area contributed by atoms with Crippen LogP contribution >= 0.6 is 0 Å². The SMILES string of the molecule is NC(=O)Cn1ccc2c(OC3CCN(CC4CCCCO4)CC3)cccc21. The van der Waals surface area contributed by atoms with Crippen molar-refractivity contribution in [1.29, 1.82) is 0 Å². The highest BCUT2D eigenvalue weighted by molar-refractivity contribution is 5.87. The fraction of sp³-hybridized carbons (Fsp3) is 0.571. The monoisotopic (exact) mass is 371 g/mol. The molecule has 4 rings (SSSR count). The third-order valence-electron chi connectivity index (χ3n) is 5.66. The minimum Gasteiger partial charge on any atom is -0.490 e. The summed E-state index contributed by atoms with van der Waals surface area (Å²) in [5.74, 6) is 0.554. The first-order valence-electron chi connectivity index (χ1n) is 10.1. The summed E-state index contributed by atoms with van der Waals surface area (Å²) in [6.45, 7) is 4.28. The zero-order valence-electron chi connectivity index (χ0n) is 15.8. The molecular formula is C21H29N3O3. The maximum atomic E-state index is 11.2. The highest BCUT2D eigenvalue weighted by atomic mass is 16.5. The summed E-state index contributed by atoms with van der Waals surface area (Å²) in [4.78, 5) is 13.8. The number of fused-ring (bicyclic) bond motifs is 1. The first-order chi connectivity index (χ1) is 13.2. The standard InChI is InChI=1S/C21H29N3O3/c22-21(25)15-24-12-9-18-19(24)5-3-6-20(18)27-16-7-10-23(11-8-16)14-17-4-1-2-13-26-17/h3,5-6,9,12,16-17H,1-2,4,7-8,10-11,13-15H2,(H2,22,25). The molecule has 1 atom stereocenters. The van der Waals surface area contributed by atoms with E-state index in [4.69, 9.17) is 15.2 Å². The van der Waals surface area contributed by atoms with E-state index in [-0.39, 0.29) is 18.6 Å². The van der Waals surface area contributed by atoms with Crippen LogP contribution in [-0.2, 0) is 16.1 Å². The Balaban J connectivity index is 1.35. The van der Waals surface area contributed by atoms with Crippen molar-refractivity contribution in [2.75, 3.05) is 26.2 Å². The van der Waals surface area contributed by atoms with Crippen LogP contribution in [0.5, 0.6) is 5.75 Å². The molecule has 1 aromatic heterocycles. The van der Waals surface area contributed by atoms with E-state index in [1.165, 1.54) is 19.3 Å². The molecule has 2 aliphatic rings. The second-order valence-electron chi connectivity index (χ2n) is 7.71. The molecule has 0 saturated carbocycles. The van der Waals surface area contributed by atoms with Gasteiger partial charge in [0, 0.05) is 37.8 Å². The van der Waals surface area contributed by atoms with Gasteiger partial charge in [-0.3, -0.25) is 4.79 Å². The number of primary amides is 1. The lowest BCUT2D eigenvalue weighted by Gasteiger charge is -2.35. The van der Waals surface area contributed by atoms with E-state index in [0.29, 0.717) is 6.10 Å². The van der Waals surface area contributed by atoms with Crippen LogP contribution in [-0.4, -0.2) is 53.8 Å². The average molecular weight is 371 g/mol. The zero-order chi connectivity index (χ0) is 18.6. The van der Waals surface area contributed by atoms with Gasteiger partial charge in [-0.1, -0.05) is 6.07 Å². The van der Waals surface area contributed by atoms with Crippen LogP contribution in [0.1, 0.15) is 32.1 Å². The molecule has 2 fully saturated rings. The number of rotatable bonds is 6. The topological polar surface area (TPSA) is 69.7 Å². The Morgan fingerprint density at radius 2 is 2.04 bits per heavy atom. The number of amides is 1. The fourth-order valence-corrected chi connectivity index (χ4v) is 4.23. The fourth-order valence-electron chi connectivity index (χ4n) is 4.23. The van der Waals surface area contributed by atoms with Crippen LogP contribution in [0.4, 0.5) is 0 Å². The van der Waals surface area contributed by atoms with E-state index < -0.39 is 0 Å². The number of hydrogen-bond acceptors (Lipinski definition) is 4. The number of carbonyl (C=O) groups excluding carboxylic acids is 1. The summed E-state index contributed by atoms with van der Waals surface area (Å²) < 4.78 is 14.1. The summed E-state index contributed by atoms with van der Waals surface area (Å²) in [6, 6.07) is 7.99. The third-order valence-corrected chi connectivity index (χ3v) is 5.66. The number of aromatic nitrogens is 1. The number of ether oxygens (including phenoxy) is 2. The molecule has 0 aliphatic carbocycles. The molecular weight excluding hydrogens is 342 g/mol. The number of hydrogen-bond donors (Lipinski definition) is 1. The predicted octanol–water partition coefficient (Wildman–Crippen LogP) is 2.54. The van der Waals surface area contributed by atoms with Gasteiger partial charge in [0.2, 0.25) is 5.91 Å². The Bertz CT molecular complexity index is 774. The number of nitrogens with two attached hydrogens (primary N) is 1. The van der Waals surface area contributed by atoms with E-state index in [0.717, 1.165) is 55.7 Å². The first kappa shape index (κ1) is 18.3. The normalized spacial score (nSPS) is 22.1. The van der Waals surface area contributed by atoms with Crippen molar-refractivity contribution in [3.8, 4) is 5.75 Å². The molecule has 2 N–H and O–H groups in total. The second-order valence-corrected chi connectivity index (χ2v) is 7.71. The summed E-state index contributed by atoms with van der Waals surface area (Å²) >= 11 is 0. The maximum absolute atomic E-state index is 11.2. The van der Waals surface area contributed by atoms with Crippen LogP contribution in [0, 0.1) is 0 Å². The quantitative estimate of drug-likeness (QED) is 0.847. The Labute approximate surface area is 160 Å². The molecule has 6 nitrogen and oxygen atoms in total. The third kappa shape index (κ3) is 4.45. The highest BCUT2D eigenvalue weighted by Gasteiger charge is 2.24. The van der Waals surface area contributed by atoms with Crippen LogP contribution in [0.2, 0.25) is 0 Å². The molecule has 6 heteroatoms. The average Bonchev–Trinajstić information content (AvgIpc) is 3.08. The molecule has 0 bridgehead atoms. The second kappa shape index (κ2) is 8.31. The lowest BCUT2D eigenvalue weighted by molar-refractivity contribution is -0.118. The largest absolute Gasteiger partial charge is 0.490 e. The van der Waals surface area contributed by atoms with Crippen molar-refractivity contribution in [1.82, 2.24) is 9.47 Å². The Hall–Kier alpha value is -2.05. The van der Waals surface area contributed by atoms with Crippen LogP contribution < -0.4 is 10.5 Å². The molecule has 1 unspecified atom stereocenters. The van der Waals surface area contributed by atoms with Gasteiger partial charge in [0.05, 0.1) is 11.6 Å². The van der Waals surface area contributed by atoms with E-state index in [1.807, 2.05) is 35.0 Å². The van der Waals surface area contributed by atoms with Gasteiger partial charge < -0.3 is 24.7 Å². The molecule has 3 heterocycles. The van der Waals surface area contributed by atoms with Crippen LogP contribution in [0.25, 0.3) is 10.9 Å². The minimum atomic E-state index is -0.340. The van der Waals surface area contributed by atoms with E-state index >= 15 is 0 Å². The number of nitrogens with zero attached hydrogens (tertiary/aromatic N) is 2. The highest BCUT2D eigenvalue weighted by Crippen LogP contribution is 2.29. The van der Waals surface area contributed by atoms with E-state index in [9.17, 15) is 4.79 Å². The van der Waals surface area contributed by atoms with Crippen molar-refractivity contribution < 1.29 is 14.3 Å². The molecule has 2 aliphatic heterocycles. The molecule has 146 valence electrons. The smallest absolute Gasteiger partial charge is 0.237 e. The lowest BCUT2D eigenvalue weighted by Crippen LogP contribution is -2.43. The molecule has 2 aromatic rings. The van der Waals surface area contributed by atoms with Gasteiger partial charge in [0.1, 0.15) is 18.4 Å². The predicted molar refractivity (Wildman–Crippen MR) is 105 cm³/mol. The van der Waals surface area contributed by atoms with Gasteiger partial charge in [-0.05, 0) is 50.3 Å². The van der Waals surface area contributed by atoms with Crippen LogP contribution in [0.3, 0.4) is 0 Å². The number of likely N-dealkylation sites (tertiary alicyclic amines) is 1. The summed E-state index contributed by atoms with van der Waals surface area (Å²) in [5, 5.41) is 1.04. The summed E-state index contributed by atoms with van der Waals surface area (Å²) in [6.07, 6.45) is 8.31. The van der Waals surface area contributed by atoms with Crippen molar-refractivity contribution in [3.05, 3.63) is 30.5 Å². The molecule has 27 heavy (non-hydrogen) atoms. The van der Waals surface area contributed by atoms with Gasteiger partial charge in [0.15, 0.2) is 0 Å². The minimum absolute atomic E-state index is 0.189. The van der Waals surface area contributed by atoms with Gasteiger partial charge >= 0.3 is 0 Å². The molecule has 1 amide bonds. The molecule has 2 saturated heterocycles. The zero-order valence-corrected chi connectivity index (χ0v) is 15.8.